The Hall–Kier alpha value is -2.60. The number of amides is 2. The first kappa shape index (κ1) is 18.4. The first-order valence-electron chi connectivity index (χ1n) is 7.32. The lowest BCUT2D eigenvalue weighted by Crippen LogP contribution is -2.36. The number of aromatic nitrogens is 1. The van der Waals surface area contributed by atoms with Crippen LogP contribution in [0.5, 0.6) is 0 Å². The topological polar surface area (TPSA) is 120 Å². The fraction of sp³-hybridized carbons (Fsp3) is 0.533. The summed E-state index contributed by atoms with van der Waals surface area (Å²) in [6.07, 6.45) is 1.87. The molecule has 0 saturated carbocycles. The fourth-order valence-corrected chi connectivity index (χ4v) is 1.78. The zero-order chi connectivity index (χ0) is 17.3. The minimum absolute atomic E-state index is 0.0317. The predicted octanol–water partition coefficient (Wildman–Crippen LogP) is 2.17. The van der Waals surface area contributed by atoms with Crippen LogP contribution in [0.1, 0.15) is 43.2 Å². The molecule has 1 rings (SSSR count). The monoisotopic (exact) mass is 318 g/mol. The van der Waals surface area contributed by atoms with E-state index in [0.717, 1.165) is 0 Å². The van der Waals surface area contributed by atoms with Crippen molar-refractivity contribution in [2.24, 2.45) is 10.5 Å². The first-order chi connectivity index (χ1) is 10.8. The van der Waals surface area contributed by atoms with Crippen LogP contribution >= 0.6 is 0 Å². The third kappa shape index (κ3) is 7.82. The Morgan fingerprint density at radius 1 is 1.26 bits per heavy atom. The normalized spacial score (nSPS) is 10.6. The van der Waals surface area contributed by atoms with E-state index in [0.29, 0.717) is 30.8 Å². The van der Waals surface area contributed by atoms with E-state index < -0.39 is 0 Å². The molecular formula is C15H22N6O2. The van der Waals surface area contributed by atoms with Gasteiger partial charge in [0.15, 0.2) is 0 Å². The van der Waals surface area contributed by atoms with Crippen LogP contribution < -0.4 is 10.6 Å². The van der Waals surface area contributed by atoms with Crippen LogP contribution in [0.2, 0.25) is 0 Å². The number of carbonyl (C=O) groups is 2. The van der Waals surface area contributed by atoms with Crippen LogP contribution in [0.25, 0.3) is 10.4 Å². The maximum absolute atomic E-state index is 11.9. The summed E-state index contributed by atoms with van der Waals surface area (Å²) in [6, 6.07) is 3.25. The molecule has 0 aromatic carbocycles. The number of hydrogen-bond donors (Lipinski definition) is 2. The van der Waals surface area contributed by atoms with Crippen molar-refractivity contribution >= 4 is 11.8 Å². The molecule has 0 aliphatic carbocycles. The Kier molecular flexibility index (Phi) is 7.02. The van der Waals surface area contributed by atoms with E-state index in [-0.39, 0.29) is 23.8 Å². The van der Waals surface area contributed by atoms with Gasteiger partial charge in [0.05, 0.1) is 12.1 Å². The minimum atomic E-state index is -0.266. The molecule has 0 aliphatic rings. The van der Waals surface area contributed by atoms with Gasteiger partial charge in [0.2, 0.25) is 5.91 Å². The lowest BCUT2D eigenvalue weighted by atomic mass is 9.92. The second-order valence-corrected chi connectivity index (χ2v) is 6.27. The highest BCUT2D eigenvalue weighted by atomic mass is 16.2. The van der Waals surface area contributed by atoms with Crippen LogP contribution in [-0.4, -0.2) is 29.9 Å². The molecule has 0 aliphatic heterocycles. The lowest BCUT2D eigenvalue weighted by Gasteiger charge is -2.17. The molecule has 2 amide bonds. The van der Waals surface area contributed by atoms with E-state index in [1.807, 2.05) is 20.8 Å². The van der Waals surface area contributed by atoms with Crippen molar-refractivity contribution in [3.8, 4) is 0 Å². The molecule has 0 unspecified atom stereocenters. The van der Waals surface area contributed by atoms with Gasteiger partial charge in [0.25, 0.3) is 5.91 Å². The first-order valence-corrected chi connectivity index (χ1v) is 7.32. The number of hydrogen-bond acceptors (Lipinski definition) is 4. The summed E-state index contributed by atoms with van der Waals surface area (Å²) in [6.45, 7) is 6.85. The van der Waals surface area contributed by atoms with Gasteiger partial charge in [0, 0.05) is 36.3 Å². The molecule has 1 heterocycles. The van der Waals surface area contributed by atoms with Crippen LogP contribution in [0.15, 0.2) is 23.4 Å². The van der Waals surface area contributed by atoms with Crippen LogP contribution in [-0.2, 0) is 11.3 Å². The molecule has 2 N–H and O–H groups in total. The van der Waals surface area contributed by atoms with Gasteiger partial charge < -0.3 is 10.6 Å². The van der Waals surface area contributed by atoms with Gasteiger partial charge in [-0.2, -0.15) is 0 Å². The van der Waals surface area contributed by atoms with Gasteiger partial charge in [-0.05, 0) is 23.1 Å². The zero-order valence-electron chi connectivity index (χ0n) is 13.7. The van der Waals surface area contributed by atoms with Crippen LogP contribution in [0.4, 0.5) is 0 Å². The summed E-state index contributed by atoms with van der Waals surface area (Å²) in [4.78, 5) is 30.2. The molecule has 8 nitrogen and oxygen atoms in total. The standard InChI is InChI=1S/C15H22N6O2/c1-15(2,3)8-13(22)17-6-7-18-14(23)11-4-5-12(19-9-11)10-20-21-16/h4-5,9H,6-8,10H2,1-3H3,(H,17,22)(H,18,23). The lowest BCUT2D eigenvalue weighted by molar-refractivity contribution is -0.122. The van der Waals surface area contributed by atoms with Gasteiger partial charge in [-0.3, -0.25) is 14.6 Å². The molecule has 1 aromatic rings. The molecular weight excluding hydrogens is 296 g/mol. The van der Waals surface area contributed by atoms with E-state index in [1.165, 1.54) is 6.20 Å². The number of rotatable bonds is 7. The molecule has 124 valence electrons. The van der Waals surface area contributed by atoms with Crippen molar-refractivity contribution in [1.29, 1.82) is 0 Å². The van der Waals surface area contributed by atoms with Crippen molar-refractivity contribution in [3.05, 3.63) is 40.0 Å². The highest BCUT2D eigenvalue weighted by molar-refractivity contribution is 5.93. The van der Waals surface area contributed by atoms with Gasteiger partial charge in [0.1, 0.15) is 0 Å². The van der Waals surface area contributed by atoms with Crippen molar-refractivity contribution in [2.75, 3.05) is 13.1 Å². The highest BCUT2D eigenvalue weighted by Crippen LogP contribution is 2.17. The van der Waals surface area contributed by atoms with Crippen molar-refractivity contribution in [3.63, 3.8) is 0 Å². The average molecular weight is 318 g/mol. The molecule has 0 saturated heterocycles. The second kappa shape index (κ2) is 8.75. The predicted molar refractivity (Wildman–Crippen MR) is 86.5 cm³/mol. The van der Waals surface area contributed by atoms with Gasteiger partial charge in [-0.25, -0.2) is 0 Å². The second-order valence-electron chi connectivity index (χ2n) is 6.27. The summed E-state index contributed by atoms with van der Waals surface area (Å²) in [5.41, 5.74) is 9.17. The van der Waals surface area contributed by atoms with E-state index in [2.05, 4.69) is 25.6 Å². The van der Waals surface area contributed by atoms with Gasteiger partial charge >= 0.3 is 0 Å². The Morgan fingerprint density at radius 2 is 1.96 bits per heavy atom. The summed E-state index contributed by atoms with van der Waals surface area (Å²) in [7, 11) is 0. The summed E-state index contributed by atoms with van der Waals surface area (Å²) in [5, 5.41) is 8.86. The number of azide groups is 1. The molecule has 0 atom stereocenters. The number of pyridine rings is 1. The van der Waals surface area contributed by atoms with E-state index >= 15 is 0 Å². The van der Waals surface area contributed by atoms with E-state index in [9.17, 15) is 9.59 Å². The smallest absolute Gasteiger partial charge is 0.252 e. The molecule has 0 radical (unpaired) electrons. The third-order valence-electron chi connectivity index (χ3n) is 2.81. The molecule has 0 spiro atoms. The number of nitrogens with zero attached hydrogens (tertiary/aromatic N) is 4. The molecule has 1 aromatic heterocycles. The highest BCUT2D eigenvalue weighted by Gasteiger charge is 2.15. The third-order valence-corrected chi connectivity index (χ3v) is 2.81. The Labute approximate surface area is 135 Å². The van der Waals surface area contributed by atoms with Gasteiger partial charge in [-0.1, -0.05) is 25.9 Å². The Balaban J connectivity index is 2.34. The van der Waals surface area contributed by atoms with Gasteiger partial charge in [-0.15, -0.1) is 0 Å². The molecule has 23 heavy (non-hydrogen) atoms. The van der Waals surface area contributed by atoms with Crippen LogP contribution in [0, 0.1) is 5.41 Å². The van der Waals surface area contributed by atoms with Crippen molar-refractivity contribution in [1.82, 2.24) is 15.6 Å². The maximum atomic E-state index is 11.9. The average Bonchev–Trinajstić information content (AvgIpc) is 2.48. The molecule has 8 heteroatoms. The quantitative estimate of drug-likeness (QED) is 0.347. The SMILES string of the molecule is CC(C)(C)CC(=O)NCCNC(=O)c1ccc(CN=[N+]=[N-])nc1. The Morgan fingerprint density at radius 3 is 2.52 bits per heavy atom. The van der Waals surface area contributed by atoms with Crippen molar-refractivity contribution in [2.45, 2.75) is 33.7 Å². The van der Waals surface area contributed by atoms with E-state index in [1.54, 1.807) is 12.1 Å². The summed E-state index contributed by atoms with van der Waals surface area (Å²) >= 11 is 0. The summed E-state index contributed by atoms with van der Waals surface area (Å²) < 4.78 is 0. The van der Waals surface area contributed by atoms with Crippen LogP contribution in [0.3, 0.4) is 0 Å². The number of nitrogens with one attached hydrogen (secondary N) is 2. The Bertz CT molecular complexity index is 585. The minimum Gasteiger partial charge on any atom is -0.354 e. The largest absolute Gasteiger partial charge is 0.354 e. The maximum Gasteiger partial charge on any atom is 0.252 e. The molecule has 0 fully saturated rings. The van der Waals surface area contributed by atoms with Crippen molar-refractivity contribution < 1.29 is 9.59 Å². The van der Waals surface area contributed by atoms with E-state index in [4.69, 9.17) is 5.53 Å². The summed E-state index contributed by atoms with van der Waals surface area (Å²) in [5.74, 6) is -0.297. The number of carbonyl (C=O) groups excluding carboxylic acids is 2. The fourth-order valence-electron chi connectivity index (χ4n) is 1.78. The zero-order valence-corrected chi connectivity index (χ0v) is 13.7. The molecule has 0 bridgehead atoms.